The Morgan fingerprint density at radius 2 is 2.04 bits per heavy atom. The Balaban J connectivity index is 2.23. The molecule has 138 valence electrons. The number of allylic oxidation sites excluding steroid dienone is 1. The van der Waals surface area contributed by atoms with Gasteiger partial charge in [-0.25, -0.2) is 0 Å². The molecule has 0 bridgehead atoms. The maximum atomic E-state index is 12.0. The van der Waals surface area contributed by atoms with E-state index in [1.165, 1.54) is 11.0 Å². The summed E-state index contributed by atoms with van der Waals surface area (Å²) >= 11 is 0. The zero-order valence-electron chi connectivity index (χ0n) is 14.9. The second kappa shape index (κ2) is 6.78. The number of Topliss-reactive ketones (excluding diaryl/α,β-unsaturated/α-hetero) is 1. The topological polar surface area (TPSA) is 119 Å². The third-order valence-corrected chi connectivity index (χ3v) is 5.38. The van der Waals surface area contributed by atoms with E-state index in [2.05, 4.69) is 5.32 Å². The fourth-order valence-corrected chi connectivity index (χ4v) is 3.99. The van der Waals surface area contributed by atoms with Crippen LogP contribution < -0.4 is 16.0 Å². The van der Waals surface area contributed by atoms with Crippen LogP contribution in [-0.2, 0) is 9.59 Å². The number of aldehydes is 1. The Hall–Kier alpha value is -2.90. The van der Waals surface area contributed by atoms with Crippen LogP contribution in [0.4, 0.5) is 17.1 Å². The fourth-order valence-electron chi connectivity index (χ4n) is 3.99. The minimum atomic E-state index is -0.745. The van der Waals surface area contributed by atoms with E-state index in [1.54, 1.807) is 14.0 Å². The monoisotopic (exact) mass is 358 g/mol. The van der Waals surface area contributed by atoms with Crippen molar-refractivity contribution >= 4 is 29.1 Å². The number of fused-ring (bicyclic) bond motifs is 1. The Kier molecular flexibility index (Phi) is 4.67. The molecule has 1 aromatic carbocycles. The van der Waals surface area contributed by atoms with Crippen LogP contribution in [0.1, 0.15) is 49.1 Å². The standard InChI is InChI=1S/C18H22N4O4/c1-10-12(22(25)26)8-13-16(15(10)11-6-4-3-5-7-11)20-17(14(24)9-23)18(19)21(13)2/h8-9,11,20H,3-7,19H2,1-2H3. The first-order chi connectivity index (χ1) is 12.4. The molecule has 3 N–H and O–H groups in total. The highest BCUT2D eigenvalue weighted by Gasteiger charge is 2.33. The molecule has 0 aromatic heterocycles. The highest BCUT2D eigenvalue weighted by molar-refractivity contribution is 6.34. The molecule has 1 saturated carbocycles. The summed E-state index contributed by atoms with van der Waals surface area (Å²) < 4.78 is 0. The van der Waals surface area contributed by atoms with E-state index < -0.39 is 5.78 Å². The lowest BCUT2D eigenvalue weighted by molar-refractivity contribution is -0.385. The van der Waals surface area contributed by atoms with Gasteiger partial charge in [-0.2, -0.15) is 0 Å². The molecule has 1 heterocycles. The molecular formula is C18H22N4O4. The van der Waals surface area contributed by atoms with E-state index >= 15 is 0 Å². The molecule has 0 radical (unpaired) electrons. The second-order valence-electron chi connectivity index (χ2n) is 6.85. The van der Waals surface area contributed by atoms with Crippen molar-refractivity contribution in [1.29, 1.82) is 0 Å². The van der Waals surface area contributed by atoms with Crippen molar-refractivity contribution in [1.82, 2.24) is 0 Å². The highest BCUT2D eigenvalue weighted by atomic mass is 16.6. The number of carbonyl (C=O) groups excluding carboxylic acids is 2. The van der Waals surface area contributed by atoms with E-state index in [-0.39, 0.29) is 34.3 Å². The number of anilines is 2. The molecule has 0 unspecified atom stereocenters. The van der Waals surface area contributed by atoms with E-state index in [1.807, 2.05) is 0 Å². The van der Waals surface area contributed by atoms with Gasteiger partial charge in [0.25, 0.3) is 5.69 Å². The largest absolute Gasteiger partial charge is 0.383 e. The van der Waals surface area contributed by atoms with Crippen LogP contribution in [0.5, 0.6) is 0 Å². The van der Waals surface area contributed by atoms with Gasteiger partial charge < -0.3 is 16.0 Å². The lowest BCUT2D eigenvalue weighted by Crippen LogP contribution is -2.35. The van der Waals surface area contributed by atoms with Crippen molar-refractivity contribution in [2.24, 2.45) is 5.73 Å². The van der Waals surface area contributed by atoms with Crippen LogP contribution in [0.15, 0.2) is 17.6 Å². The zero-order chi connectivity index (χ0) is 19.0. The summed E-state index contributed by atoms with van der Waals surface area (Å²) in [5.74, 6) is -0.502. The molecule has 8 heteroatoms. The quantitative estimate of drug-likeness (QED) is 0.367. The van der Waals surface area contributed by atoms with Gasteiger partial charge >= 0.3 is 0 Å². The first-order valence-corrected chi connectivity index (χ1v) is 8.68. The predicted octanol–water partition coefficient (Wildman–Crippen LogP) is 2.71. The van der Waals surface area contributed by atoms with E-state index in [0.717, 1.165) is 37.7 Å². The summed E-state index contributed by atoms with van der Waals surface area (Å²) in [4.78, 5) is 35.7. The second-order valence-corrected chi connectivity index (χ2v) is 6.85. The molecule has 0 saturated heterocycles. The molecular weight excluding hydrogens is 336 g/mol. The molecule has 1 fully saturated rings. The third kappa shape index (κ3) is 2.81. The average molecular weight is 358 g/mol. The zero-order valence-corrected chi connectivity index (χ0v) is 14.9. The summed E-state index contributed by atoms with van der Waals surface area (Å²) in [5, 5.41) is 14.6. The van der Waals surface area contributed by atoms with Crippen molar-refractivity contribution in [3.8, 4) is 0 Å². The molecule has 0 spiro atoms. The predicted molar refractivity (Wildman–Crippen MR) is 98.0 cm³/mol. The number of rotatable bonds is 4. The number of nitrogens with one attached hydrogen (secondary N) is 1. The summed E-state index contributed by atoms with van der Waals surface area (Å²) in [7, 11) is 1.64. The molecule has 1 aromatic rings. The maximum Gasteiger partial charge on any atom is 0.274 e. The van der Waals surface area contributed by atoms with Crippen LogP contribution in [0.2, 0.25) is 0 Å². The molecule has 8 nitrogen and oxygen atoms in total. The van der Waals surface area contributed by atoms with Crippen LogP contribution >= 0.6 is 0 Å². The minimum Gasteiger partial charge on any atom is -0.383 e. The Morgan fingerprint density at radius 1 is 1.38 bits per heavy atom. The van der Waals surface area contributed by atoms with Crippen LogP contribution in [-0.4, -0.2) is 24.0 Å². The average Bonchev–Trinajstić information content (AvgIpc) is 2.64. The molecule has 1 aliphatic heterocycles. The number of hydrogen-bond donors (Lipinski definition) is 2. The molecule has 0 amide bonds. The maximum absolute atomic E-state index is 12.0. The Bertz CT molecular complexity index is 825. The number of nitro groups is 1. The van der Waals surface area contributed by atoms with Gasteiger partial charge in [0.2, 0.25) is 5.78 Å². The first kappa shape index (κ1) is 17.9. The van der Waals surface area contributed by atoms with Gasteiger partial charge in [0.1, 0.15) is 11.5 Å². The number of ketones is 1. The van der Waals surface area contributed by atoms with Gasteiger partial charge in [0, 0.05) is 18.7 Å². The van der Waals surface area contributed by atoms with Gasteiger partial charge in [0.15, 0.2) is 6.29 Å². The normalized spacial score (nSPS) is 17.5. The third-order valence-electron chi connectivity index (χ3n) is 5.38. The number of nitrogens with zero attached hydrogens (tertiary/aromatic N) is 2. The summed E-state index contributed by atoms with van der Waals surface area (Å²) in [5.41, 5.74) is 8.69. The van der Waals surface area contributed by atoms with Gasteiger partial charge in [-0.15, -0.1) is 0 Å². The molecule has 1 aliphatic carbocycles. The van der Waals surface area contributed by atoms with Gasteiger partial charge in [-0.3, -0.25) is 19.7 Å². The summed E-state index contributed by atoms with van der Waals surface area (Å²) in [6.07, 6.45) is 5.38. The molecule has 2 aliphatic rings. The summed E-state index contributed by atoms with van der Waals surface area (Å²) in [6.45, 7) is 1.74. The number of nitrogens with two attached hydrogens (primary N) is 1. The van der Waals surface area contributed by atoms with Gasteiger partial charge in [-0.1, -0.05) is 19.3 Å². The van der Waals surface area contributed by atoms with Crippen molar-refractivity contribution in [2.45, 2.75) is 44.9 Å². The number of benzene rings is 1. The Morgan fingerprint density at radius 3 is 2.62 bits per heavy atom. The number of nitro benzene ring substituents is 1. The van der Waals surface area contributed by atoms with Gasteiger partial charge in [-0.05, 0) is 31.2 Å². The molecule has 0 atom stereocenters. The van der Waals surface area contributed by atoms with E-state index in [4.69, 9.17) is 5.73 Å². The first-order valence-electron chi connectivity index (χ1n) is 8.68. The SMILES string of the molecule is Cc1c([N+](=O)[O-])cc2c(c1C1CCCCC1)NC(C(=O)C=O)=C(N)N2C. The van der Waals surface area contributed by atoms with Gasteiger partial charge in [0.05, 0.1) is 16.3 Å². The summed E-state index contributed by atoms with van der Waals surface area (Å²) in [6, 6.07) is 1.47. The van der Waals surface area contributed by atoms with Crippen LogP contribution in [0.3, 0.4) is 0 Å². The highest BCUT2D eigenvalue weighted by Crippen LogP contribution is 2.47. The number of hydrogen-bond acceptors (Lipinski definition) is 7. The van der Waals surface area contributed by atoms with E-state index in [9.17, 15) is 19.7 Å². The van der Waals surface area contributed by atoms with Crippen molar-refractivity contribution < 1.29 is 14.5 Å². The van der Waals surface area contributed by atoms with E-state index in [0.29, 0.717) is 16.9 Å². The number of carbonyl (C=O) groups is 2. The van der Waals surface area contributed by atoms with Crippen LogP contribution in [0.25, 0.3) is 0 Å². The lowest BCUT2D eigenvalue weighted by Gasteiger charge is -2.34. The fraction of sp³-hybridized carbons (Fsp3) is 0.444. The molecule has 3 rings (SSSR count). The smallest absolute Gasteiger partial charge is 0.274 e. The van der Waals surface area contributed by atoms with Crippen molar-refractivity contribution in [3.05, 3.63) is 38.8 Å². The molecule has 26 heavy (non-hydrogen) atoms. The van der Waals surface area contributed by atoms with Crippen LogP contribution in [0, 0.1) is 17.0 Å². The lowest BCUT2D eigenvalue weighted by atomic mass is 9.80. The van der Waals surface area contributed by atoms with Crippen molar-refractivity contribution in [2.75, 3.05) is 17.3 Å². The van der Waals surface area contributed by atoms with Crippen molar-refractivity contribution in [3.63, 3.8) is 0 Å². The Labute approximate surface area is 151 Å². The minimum absolute atomic E-state index is 0.0142.